The standard InChI is InChI=1S/C11H14Cl6N4/c1-2-3-4-5-6-18-9-20-7(10(12,13)14)19-8(21-9)11(15,16)17/h2-6H2,1H3,(H,18,19,20,21). The number of nitrogens with zero attached hydrogens (tertiary/aromatic N) is 3. The van der Waals surface area contributed by atoms with Crippen LogP contribution in [0.15, 0.2) is 0 Å². The molecule has 1 aromatic rings. The summed E-state index contributed by atoms with van der Waals surface area (Å²) in [5.41, 5.74) is 0. The van der Waals surface area contributed by atoms with Gasteiger partial charge < -0.3 is 5.32 Å². The van der Waals surface area contributed by atoms with E-state index in [4.69, 9.17) is 69.6 Å². The molecule has 4 nitrogen and oxygen atoms in total. The molecule has 120 valence electrons. The van der Waals surface area contributed by atoms with E-state index in [9.17, 15) is 0 Å². The molecule has 1 N–H and O–H groups in total. The van der Waals surface area contributed by atoms with Gasteiger partial charge in [-0.05, 0) is 6.42 Å². The van der Waals surface area contributed by atoms with Crippen LogP contribution in [0.5, 0.6) is 0 Å². The van der Waals surface area contributed by atoms with Crippen LogP contribution in [-0.4, -0.2) is 21.5 Å². The van der Waals surface area contributed by atoms with Crippen LogP contribution in [0.3, 0.4) is 0 Å². The van der Waals surface area contributed by atoms with Gasteiger partial charge >= 0.3 is 0 Å². The van der Waals surface area contributed by atoms with Crippen molar-refractivity contribution in [1.82, 2.24) is 15.0 Å². The molecule has 21 heavy (non-hydrogen) atoms. The van der Waals surface area contributed by atoms with Crippen LogP contribution >= 0.6 is 69.6 Å². The summed E-state index contributed by atoms with van der Waals surface area (Å²) in [5, 5.41) is 3.01. The molecular weight excluding hydrogens is 401 g/mol. The van der Waals surface area contributed by atoms with Crippen molar-refractivity contribution in [2.24, 2.45) is 0 Å². The third kappa shape index (κ3) is 7.10. The summed E-state index contributed by atoms with van der Waals surface area (Å²) in [7, 11) is 0. The Morgan fingerprint density at radius 2 is 1.33 bits per heavy atom. The van der Waals surface area contributed by atoms with E-state index in [1.807, 2.05) is 0 Å². The number of halogens is 6. The van der Waals surface area contributed by atoms with E-state index in [-0.39, 0.29) is 17.6 Å². The minimum atomic E-state index is -1.83. The second-order valence-corrected chi connectivity index (χ2v) is 8.85. The van der Waals surface area contributed by atoms with Crippen molar-refractivity contribution in [3.8, 4) is 0 Å². The number of hydrogen-bond acceptors (Lipinski definition) is 4. The summed E-state index contributed by atoms with van der Waals surface area (Å²) in [4.78, 5) is 11.9. The van der Waals surface area contributed by atoms with E-state index < -0.39 is 7.59 Å². The fourth-order valence-electron chi connectivity index (χ4n) is 1.46. The number of unbranched alkanes of at least 4 members (excludes halogenated alkanes) is 3. The van der Waals surface area contributed by atoms with Crippen molar-refractivity contribution < 1.29 is 0 Å². The van der Waals surface area contributed by atoms with E-state index in [1.165, 1.54) is 0 Å². The van der Waals surface area contributed by atoms with E-state index in [1.54, 1.807) is 0 Å². The fraction of sp³-hybridized carbons (Fsp3) is 0.727. The Kier molecular flexibility index (Phi) is 7.85. The SMILES string of the molecule is CCCCCCNc1nc(C(Cl)(Cl)Cl)nc(C(Cl)(Cl)Cl)n1. The van der Waals surface area contributed by atoms with Gasteiger partial charge in [-0.3, -0.25) is 0 Å². The highest BCUT2D eigenvalue weighted by atomic mass is 35.6. The molecule has 0 amide bonds. The molecule has 0 atom stereocenters. The Hall–Kier alpha value is 0.550. The van der Waals surface area contributed by atoms with Crippen LogP contribution in [0, 0.1) is 0 Å². The molecule has 0 bridgehead atoms. The lowest BCUT2D eigenvalue weighted by atomic mass is 10.2. The second kappa shape index (κ2) is 8.42. The normalized spacial score (nSPS) is 12.5. The van der Waals surface area contributed by atoms with Crippen molar-refractivity contribution in [2.45, 2.75) is 40.2 Å². The number of nitrogens with one attached hydrogen (secondary N) is 1. The second-order valence-electron chi connectivity index (χ2n) is 4.29. The predicted octanol–water partition coefficient (Wildman–Crippen LogP) is 5.52. The molecule has 0 aromatic carbocycles. The first-order chi connectivity index (χ1) is 9.64. The van der Waals surface area contributed by atoms with Gasteiger partial charge in [-0.1, -0.05) is 95.8 Å². The summed E-state index contributed by atoms with van der Waals surface area (Å²) in [6.07, 6.45) is 4.38. The highest BCUT2D eigenvalue weighted by molar-refractivity contribution is 6.67. The van der Waals surface area contributed by atoms with Crippen molar-refractivity contribution in [1.29, 1.82) is 0 Å². The summed E-state index contributed by atoms with van der Waals surface area (Å²) < 4.78 is -3.65. The maximum atomic E-state index is 5.78. The van der Waals surface area contributed by atoms with E-state index in [0.29, 0.717) is 6.54 Å². The molecule has 0 aliphatic heterocycles. The summed E-state index contributed by atoms with van der Waals surface area (Å²) in [6, 6.07) is 0. The molecule has 0 saturated carbocycles. The minimum absolute atomic E-state index is 0.0973. The topological polar surface area (TPSA) is 50.7 Å². The van der Waals surface area contributed by atoms with Gasteiger partial charge in [-0.25, -0.2) is 4.98 Å². The number of aromatic nitrogens is 3. The zero-order chi connectivity index (χ0) is 16.1. The number of alkyl halides is 6. The van der Waals surface area contributed by atoms with Crippen LogP contribution < -0.4 is 5.32 Å². The highest BCUT2D eigenvalue weighted by Crippen LogP contribution is 2.40. The Morgan fingerprint density at radius 1 is 0.810 bits per heavy atom. The molecule has 0 spiro atoms. The van der Waals surface area contributed by atoms with Gasteiger partial charge in [0.1, 0.15) is 0 Å². The van der Waals surface area contributed by atoms with Crippen molar-refractivity contribution >= 4 is 75.6 Å². The quantitative estimate of drug-likeness (QED) is 0.492. The summed E-state index contributed by atoms with van der Waals surface area (Å²) in [5.74, 6) is 0.0175. The lowest BCUT2D eigenvalue weighted by Gasteiger charge is -2.16. The minimum Gasteiger partial charge on any atom is -0.354 e. The van der Waals surface area contributed by atoms with Crippen LogP contribution in [0.1, 0.15) is 44.3 Å². The average Bonchev–Trinajstić information content (AvgIpc) is 2.36. The molecule has 0 aliphatic rings. The molecule has 1 rings (SSSR count). The largest absolute Gasteiger partial charge is 0.354 e. The van der Waals surface area contributed by atoms with Crippen LogP contribution in [0.25, 0.3) is 0 Å². The van der Waals surface area contributed by atoms with Crippen molar-refractivity contribution in [3.63, 3.8) is 0 Å². The van der Waals surface area contributed by atoms with Gasteiger partial charge in [0.05, 0.1) is 0 Å². The van der Waals surface area contributed by atoms with Gasteiger partial charge in [-0.15, -0.1) is 0 Å². The fourth-order valence-corrected chi connectivity index (χ4v) is 1.97. The average molecular weight is 415 g/mol. The maximum absolute atomic E-state index is 5.78. The van der Waals surface area contributed by atoms with Gasteiger partial charge in [-0.2, -0.15) is 9.97 Å². The smallest absolute Gasteiger partial charge is 0.250 e. The van der Waals surface area contributed by atoms with Gasteiger partial charge in [0.2, 0.25) is 13.5 Å². The Balaban J connectivity index is 2.88. The molecule has 0 aliphatic carbocycles. The van der Waals surface area contributed by atoms with Crippen LogP contribution in [0.4, 0.5) is 5.95 Å². The third-order valence-electron chi connectivity index (χ3n) is 2.46. The number of rotatable bonds is 6. The Bertz CT molecular complexity index is 425. The van der Waals surface area contributed by atoms with Gasteiger partial charge in [0, 0.05) is 6.54 Å². The van der Waals surface area contributed by atoms with Gasteiger partial charge in [0.25, 0.3) is 0 Å². The Morgan fingerprint density at radius 3 is 1.76 bits per heavy atom. The van der Waals surface area contributed by atoms with Gasteiger partial charge in [0.15, 0.2) is 11.6 Å². The molecule has 0 saturated heterocycles. The zero-order valence-corrected chi connectivity index (χ0v) is 15.7. The third-order valence-corrected chi connectivity index (χ3v) is 3.47. The number of anilines is 1. The molecule has 1 aromatic heterocycles. The van der Waals surface area contributed by atoms with E-state index in [2.05, 4.69) is 27.2 Å². The Labute approximate surface area is 153 Å². The molecule has 10 heteroatoms. The van der Waals surface area contributed by atoms with Crippen molar-refractivity contribution in [2.75, 3.05) is 11.9 Å². The molecule has 1 heterocycles. The van der Waals surface area contributed by atoms with E-state index >= 15 is 0 Å². The first kappa shape index (κ1) is 19.6. The molecular formula is C11H14Cl6N4. The summed E-state index contributed by atoms with van der Waals surface area (Å²) >= 11 is 34.7. The molecule has 0 radical (unpaired) electrons. The van der Waals surface area contributed by atoms with Crippen molar-refractivity contribution in [3.05, 3.63) is 11.6 Å². The molecule has 0 unspecified atom stereocenters. The summed E-state index contributed by atoms with van der Waals surface area (Å²) in [6.45, 7) is 2.81. The highest BCUT2D eigenvalue weighted by Gasteiger charge is 2.33. The van der Waals surface area contributed by atoms with Crippen LogP contribution in [0.2, 0.25) is 0 Å². The molecule has 0 fully saturated rings. The lowest BCUT2D eigenvalue weighted by Crippen LogP contribution is -2.18. The first-order valence-corrected chi connectivity index (χ1v) is 8.55. The van der Waals surface area contributed by atoms with Crippen LogP contribution in [-0.2, 0) is 7.59 Å². The first-order valence-electron chi connectivity index (χ1n) is 6.29. The zero-order valence-electron chi connectivity index (χ0n) is 11.1. The lowest BCUT2D eigenvalue weighted by molar-refractivity contribution is 0.682. The maximum Gasteiger partial charge on any atom is 0.250 e. The van der Waals surface area contributed by atoms with E-state index in [0.717, 1.165) is 25.7 Å². The predicted molar refractivity (Wildman–Crippen MR) is 90.9 cm³/mol. The monoisotopic (exact) mass is 412 g/mol. The number of hydrogen-bond donors (Lipinski definition) is 1.